The Morgan fingerprint density at radius 2 is 2.36 bits per heavy atom. The maximum atomic E-state index is 10.5. The number of hydrogen-bond acceptors (Lipinski definition) is 3. The molecule has 1 unspecified atom stereocenters. The molecule has 1 N–H and O–H groups in total. The van der Waals surface area contributed by atoms with Gasteiger partial charge in [0.15, 0.2) is 0 Å². The number of rotatable bonds is 4. The lowest BCUT2D eigenvalue weighted by molar-refractivity contribution is -0.384. The quantitative estimate of drug-likeness (QED) is 0.593. The number of hydrogen-bond donors (Lipinski definition) is 1. The molecule has 0 aliphatic heterocycles. The van der Waals surface area contributed by atoms with Crippen molar-refractivity contribution < 1.29 is 10.0 Å². The van der Waals surface area contributed by atoms with E-state index in [2.05, 4.69) is 0 Å². The molecule has 0 radical (unpaired) electrons. The van der Waals surface area contributed by atoms with E-state index in [1.807, 2.05) is 13.8 Å². The van der Waals surface area contributed by atoms with Gasteiger partial charge in [0.1, 0.15) is 0 Å². The molecule has 0 aromatic carbocycles. The first-order valence-electron chi connectivity index (χ1n) is 4.56. The van der Waals surface area contributed by atoms with E-state index in [4.69, 9.17) is 5.11 Å². The molecule has 14 heavy (non-hydrogen) atoms. The summed E-state index contributed by atoms with van der Waals surface area (Å²) in [6, 6.07) is 1.58. The molecule has 1 rings (SSSR count). The molecule has 0 aliphatic carbocycles. The van der Waals surface area contributed by atoms with Gasteiger partial charge in [-0.2, -0.15) is 0 Å². The van der Waals surface area contributed by atoms with Gasteiger partial charge in [-0.05, 0) is 13.3 Å². The zero-order valence-corrected chi connectivity index (χ0v) is 8.30. The largest absolute Gasteiger partial charge is 0.390 e. The Labute approximate surface area is 82.1 Å². The van der Waals surface area contributed by atoms with Crippen molar-refractivity contribution in [1.29, 1.82) is 0 Å². The summed E-state index contributed by atoms with van der Waals surface area (Å²) in [4.78, 5) is 10.1. The highest BCUT2D eigenvalue weighted by Crippen LogP contribution is 2.22. The molecule has 1 heterocycles. The van der Waals surface area contributed by atoms with Crippen molar-refractivity contribution in [3.05, 3.63) is 28.1 Å². The van der Waals surface area contributed by atoms with E-state index in [9.17, 15) is 10.1 Å². The molecule has 0 spiro atoms. The molecule has 1 aromatic heterocycles. The molecule has 0 bridgehead atoms. The molecule has 5 heteroatoms. The second kappa shape index (κ2) is 4.23. The molecule has 0 amide bonds. The van der Waals surface area contributed by atoms with Crippen LogP contribution in [-0.2, 0) is 6.61 Å². The van der Waals surface area contributed by atoms with E-state index in [0.717, 1.165) is 6.42 Å². The van der Waals surface area contributed by atoms with Gasteiger partial charge in [-0.3, -0.25) is 10.1 Å². The minimum absolute atomic E-state index is 0.0364. The van der Waals surface area contributed by atoms with Gasteiger partial charge in [-0.15, -0.1) is 0 Å². The van der Waals surface area contributed by atoms with Gasteiger partial charge in [0.25, 0.3) is 5.69 Å². The first kappa shape index (κ1) is 10.7. The third-order valence-electron chi connectivity index (χ3n) is 2.36. The Balaban J connectivity index is 3.08. The van der Waals surface area contributed by atoms with Crippen LogP contribution >= 0.6 is 0 Å². The van der Waals surface area contributed by atoms with Gasteiger partial charge in [0, 0.05) is 12.1 Å². The van der Waals surface area contributed by atoms with Crippen LogP contribution in [0.25, 0.3) is 0 Å². The van der Waals surface area contributed by atoms with E-state index in [1.165, 1.54) is 12.3 Å². The van der Waals surface area contributed by atoms with Gasteiger partial charge in [0.2, 0.25) is 0 Å². The highest BCUT2D eigenvalue weighted by atomic mass is 16.6. The first-order chi connectivity index (χ1) is 6.60. The average molecular weight is 198 g/mol. The number of aliphatic hydroxyl groups excluding tert-OH is 1. The van der Waals surface area contributed by atoms with Gasteiger partial charge < -0.3 is 9.67 Å². The Morgan fingerprint density at radius 1 is 1.71 bits per heavy atom. The van der Waals surface area contributed by atoms with Gasteiger partial charge in [-0.1, -0.05) is 6.92 Å². The van der Waals surface area contributed by atoms with Crippen molar-refractivity contribution in [1.82, 2.24) is 4.57 Å². The Bertz CT molecular complexity index is 333. The molecule has 0 fully saturated rings. The highest BCUT2D eigenvalue weighted by molar-refractivity contribution is 5.31. The normalized spacial score (nSPS) is 12.8. The van der Waals surface area contributed by atoms with Crippen LogP contribution < -0.4 is 0 Å². The summed E-state index contributed by atoms with van der Waals surface area (Å²) in [5.74, 6) is 0. The minimum atomic E-state index is -0.446. The SMILES string of the molecule is CCC(C)n1cc([N+](=O)[O-])cc1CO. The molecule has 78 valence electrons. The second-order valence-corrected chi connectivity index (χ2v) is 3.27. The topological polar surface area (TPSA) is 68.3 Å². The first-order valence-corrected chi connectivity index (χ1v) is 4.56. The summed E-state index contributed by atoms with van der Waals surface area (Å²) < 4.78 is 1.75. The zero-order chi connectivity index (χ0) is 10.7. The van der Waals surface area contributed by atoms with Gasteiger partial charge >= 0.3 is 0 Å². The fraction of sp³-hybridized carbons (Fsp3) is 0.556. The van der Waals surface area contributed by atoms with E-state index in [1.54, 1.807) is 4.57 Å². The molecule has 0 aliphatic rings. The van der Waals surface area contributed by atoms with Crippen LogP contribution in [0, 0.1) is 10.1 Å². The monoisotopic (exact) mass is 198 g/mol. The van der Waals surface area contributed by atoms with Crippen LogP contribution in [0.2, 0.25) is 0 Å². The summed E-state index contributed by atoms with van der Waals surface area (Å²) in [7, 11) is 0. The third kappa shape index (κ3) is 1.93. The molecule has 1 atom stereocenters. The van der Waals surface area contributed by atoms with Crippen LogP contribution in [0.15, 0.2) is 12.3 Å². The molecule has 0 saturated heterocycles. The Kier molecular flexibility index (Phi) is 3.24. The molecule has 0 saturated carbocycles. The van der Waals surface area contributed by atoms with Crippen LogP contribution in [0.3, 0.4) is 0 Å². The number of aliphatic hydroxyl groups is 1. The van der Waals surface area contributed by atoms with Crippen LogP contribution in [0.5, 0.6) is 0 Å². The van der Waals surface area contributed by atoms with E-state index in [0.29, 0.717) is 5.69 Å². The van der Waals surface area contributed by atoms with Crippen LogP contribution in [-0.4, -0.2) is 14.6 Å². The fourth-order valence-electron chi connectivity index (χ4n) is 1.34. The Morgan fingerprint density at radius 3 is 2.79 bits per heavy atom. The molecular formula is C9H14N2O3. The fourth-order valence-corrected chi connectivity index (χ4v) is 1.34. The predicted octanol–water partition coefficient (Wildman–Crippen LogP) is 1.86. The van der Waals surface area contributed by atoms with Crippen LogP contribution in [0.4, 0.5) is 5.69 Å². The predicted molar refractivity (Wildman–Crippen MR) is 52.0 cm³/mol. The standard InChI is InChI=1S/C9H14N2O3/c1-3-7(2)10-5-8(11(13)14)4-9(10)6-12/h4-5,7,12H,3,6H2,1-2H3. The molecule has 5 nitrogen and oxygen atoms in total. The van der Waals surface area contributed by atoms with Gasteiger partial charge in [-0.25, -0.2) is 0 Å². The summed E-state index contributed by atoms with van der Waals surface area (Å²) in [6.07, 6.45) is 2.35. The number of nitro groups is 1. The van der Waals surface area contributed by atoms with E-state index in [-0.39, 0.29) is 18.3 Å². The van der Waals surface area contributed by atoms with Gasteiger partial charge in [0.05, 0.1) is 23.4 Å². The summed E-state index contributed by atoms with van der Waals surface area (Å²) in [5, 5.41) is 19.5. The van der Waals surface area contributed by atoms with Crippen LogP contribution in [0.1, 0.15) is 32.0 Å². The molecule has 1 aromatic rings. The average Bonchev–Trinajstić information content (AvgIpc) is 2.60. The summed E-state index contributed by atoms with van der Waals surface area (Å²) >= 11 is 0. The van der Waals surface area contributed by atoms with Crippen molar-refractivity contribution in [3.63, 3.8) is 0 Å². The molecular weight excluding hydrogens is 184 g/mol. The lowest BCUT2D eigenvalue weighted by atomic mass is 10.2. The Hall–Kier alpha value is -1.36. The van der Waals surface area contributed by atoms with E-state index < -0.39 is 4.92 Å². The highest BCUT2D eigenvalue weighted by Gasteiger charge is 2.15. The van der Waals surface area contributed by atoms with Crippen molar-refractivity contribution in [2.24, 2.45) is 0 Å². The van der Waals surface area contributed by atoms with E-state index >= 15 is 0 Å². The second-order valence-electron chi connectivity index (χ2n) is 3.27. The lowest BCUT2D eigenvalue weighted by Gasteiger charge is -2.13. The van der Waals surface area contributed by atoms with Crippen molar-refractivity contribution in [2.45, 2.75) is 32.9 Å². The summed E-state index contributed by atoms with van der Waals surface area (Å²) in [5.41, 5.74) is 0.625. The lowest BCUT2D eigenvalue weighted by Crippen LogP contribution is -2.06. The van der Waals surface area contributed by atoms with Crippen molar-refractivity contribution >= 4 is 5.69 Å². The van der Waals surface area contributed by atoms with Crippen molar-refractivity contribution in [3.8, 4) is 0 Å². The third-order valence-corrected chi connectivity index (χ3v) is 2.36. The van der Waals surface area contributed by atoms with Crippen molar-refractivity contribution in [2.75, 3.05) is 0 Å². The maximum absolute atomic E-state index is 10.5. The maximum Gasteiger partial charge on any atom is 0.287 e. The minimum Gasteiger partial charge on any atom is -0.390 e. The summed E-state index contributed by atoms with van der Waals surface area (Å²) in [6.45, 7) is 3.79. The number of nitrogens with zero attached hydrogens (tertiary/aromatic N) is 2. The zero-order valence-electron chi connectivity index (χ0n) is 8.30. The smallest absolute Gasteiger partial charge is 0.287 e. The number of aromatic nitrogens is 1.